The van der Waals surface area contributed by atoms with Gasteiger partial charge in [-0.15, -0.1) is 0 Å². The Morgan fingerprint density at radius 2 is 2.05 bits per heavy atom. The fourth-order valence-electron chi connectivity index (χ4n) is 2.17. The minimum absolute atomic E-state index is 0.0940. The summed E-state index contributed by atoms with van der Waals surface area (Å²) in [6, 6.07) is 14.1. The summed E-state index contributed by atoms with van der Waals surface area (Å²) in [4.78, 5) is 15.5. The lowest BCUT2D eigenvalue weighted by Crippen LogP contribution is -1.99. The number of aromatic nitrogens is 1. The maximum absolute atomic E-state index is 12.5. The number of halogens is 1. The van der Waals surface area contributed by atoms with Crippen molar-refractivity contribution in [1.29, 1.82) is 5.26 Å². The first-order valence-electron chi connectivity index (χ1n) is 6.00. The highest BCUT2D eigenvalue weighted by Crippen LogP contribution is 2.23. The summed E-state index contributed by atoms with van der Waals surface area (Å²) in [5.74, 6) is -0.0940. The SMILES string of the molecule is N#Cc1ccc2c(C(=O)c3cccc(Cl)c3)c[nH]c2c1. The van der Waals surface area contributed by atoms with Crippen molar-refractivity contribution >= 4 is 28.3 Å². The van der Waals surface area contributed by atoms with Crippen LogP contribution in [0.2, 0.25) is 5.02 Å². The van der Waals surface area contributed by atoms with Crippen LogP contribution in [-0.4, -0.2) is 10.8 Å². The van der Waals surface area contributed by atoms with Gasteiger partial charge in [0.05, 0.1) is 11.6 Å². The Labute approximate surface area is 120 Å². The van der Waals surface area contributed by atoms with Gasteiger partial charge < -0.3 is 4.98 Å². The molecule has 1 N–H and O–H groups in total. The lowest BCUT2D eigenvalue weighted by Gasteiger charge is -2.00. The quantitative estimate of drug-likeness (QED) is 0.723. The van der Waals surface area contributed by atoms with Gasteiger partial charge in [-0.2, -0.15) is 5.26 Å². The number of carbonyl (C=O) groups is 1. The monoisotopic (exact) mass is 280 g/mol. The third-order valence-electron chi connectivity index (χ3n) is 3.14. The molecular formula is C16H9ClN2O. The van der Waals surface area contributed by atoms with Gasteiger partial charge in [0.2, 0.25) is 0 Å². The first-order chi connectivity index (χ1) is 9.69. The van der Waals surface area contributed by atoms with E-state index in [0.29, 0.717) is 21.7 Å². The number of nitriles is 1. The summed E-state index contributed by atoms with van der Waals surface area (Å²) in [5, 5.41) is 10.2. The van der Waals surface area contributed by atoms with Crippen molar-refractivity contribution in [2.45, 2.75) is 0 Å². The topological polar surface area (TPSA) is 56.6 Å². The smallest absolute Gasteiger partial charge is 0.195 e. The van der Waals surface area contributed by atoms with Gasteiger partial charge in [-0.25, -0.2) is 0 Å². The van der Waals surface area contributed by atoms with Gasteiger partial charge in [0.15, 0.2) is 5.78 Å². The van der Waals surface area contributed by atoms with Gasteiger partial charge in [-0.05, 0) is 24.3 Å². The number of fused-ring (bicyclic) bond motifs is 1. The first kappa shape index (κ1) is 12.5. The number of hydrogen-bond acceptors (Lipinski definition) is 2. The predicted octanol–water partition coefficient (Wildman–Crippen LogP) is 3.92. The zero-order chi connectivity index (χ0) is 14.1. The van der Waals surface area contributed by atoms with Crippen LogP contribution in [0.1, 0.15) is 21.5 Å². The van der Waals surface area contributed by atoms with Crippen molar-refractivity contribution < 1.29 is 4.79 Å². The van der Waals surface area contributed by atoms with E-state index in [1.807, 2.05) is 0 Å². The molecule has 1 aromatic heterocycles. The van der Waals surface area contributed by atoms with E-state index in [1.165, 1.54) is 0 Å². The number of ketones is 1. The molecule has 0 aliphatic heterocycles. The average molecular weight is 281 g/mol. The molecule has 0 atom stereocenters. The second-order valence-corrected chi connectivity index (χ2v) is 4.85. The van der Waals surface area contributed by atoms with Crippen LogP contribution >= 0.6 is 11.6 Å². The van der Waals surface area contributed by atoms with E-state index < -0.39 is 0 Å². The number of carbonyl (C=O) groups excluding carboxylic acids is 1. The number of H-pyrrole nitrogens is 1. The van der Waals surface area contributed by atoms with E-state index in [1.54, 1.807) is 48.7 Å². The minimum Gasteiger partial charge on any atom is -0.360 e. The third-order valence-corrected chi connectivity index (χ3v) is 3.38. The standard InChI is InChI=1S/C16H9ClN2O/c17-12-3-1-2-11(7-12)16(20)14-9-19-15-6-10(8-18)4-5-13(14)15/h1-7,9,19H. The highest BCUT2D eigenvalue weighted by Gasteiger charge is 2.14. The molecular weight excluding hydrogens is 272 g/mol. The van der Waals surface area contributed by atoms with E-state index in [4.69, 9.17) is 16.9 Å². The zero-order valence-electron chi connectivity index (χ0n) is 10.4. The Bertz CT molecular complexity index is 858. The molecule has 3 rings (SSSR count). The van der Waals surface area contributed by atoms with Crippen LogP contribution < -0.4 is 0 Å². The highest BCUT2D eigenvalue weighted by molar-refractivity contribution is 6.31. The summed E-state index contributed by atoms with van der Waals surface area (Å²) in [6.07, 6.45) is 1.66. The van der Waals surface area contributed by atoms with E-state index in [9.17, 15) is 4.79 Å². The van der Waals surface area contributed by atoms with Crippen molar-refractivity contribution in [3.63, 3.8) is 0 Å². The largest absolute Gasteiger partial charge is 0.360 e. The molecule has 0 aliphatic rings. The predicted molar refractivity (Wildman–Crippen MR) is 77.9 cm³/mol. The molecule has 0 bridgehead atoms. The Morgan fingerprint density at radius 1 is 1.20 bits per heavy atom. The molecule has 0 saturated carbocycles. The Kier molecular flexibility index (Phi) is 3.02. The number of benzene rings is 2. The normalized spacial score (nSPS) is 10.4. The molecule has 0 fully saturated rings. The molecule has 2 aromatic carbocycles. The maximum atomic E-state index is 12.5. The van der Waals surface area contributed by atoms with E-state index in [0.717, 1.165) is 10.9 Å². The number of aromatic amines is 1. The fraction of sp³-hybridized carbons (Fsp3) is 0. The second kappa shape index (κ2) is 4.84. The average Bonchev–Trinajstić information content (AvgIpc) is 2.89. The van der Waals surface area contributed by atoms with Crippen LogP contribution in [0, 0.1) is 11.3 Å². The van der Waals surface area contributed by atoms with Crippen molar-refractivity contribution in [3.8, 4) is 6.07 Å². The summed E-state index contributed by atoms with van der Waals surface area (Å²) in [5.41, 5.74) is 2.45. The van der Waals surface area contributed by atoms with Crippen molar-refractivity contribution in [2.75, 3.05) is 0 Å². The summed E-state index contributed by atoms with van der Waals surface area (Å²) < 4.78 is 0. The number of hydrogen-bond donors (Lipinski definition) is 1. The van der Waals surface area contributed by atoms with Crippen LogP contribution in [-0.2, 0) is 0 Å². The fourth-order valence-corrected chi connectivity index (χ4v) is 2.36. The second-order valence-electron chi connectivity index (χ2n) is 4.41. The first-order valence-corrected chi connectivity index (χ1v) is 6.38. The van der Waals surface area contributed by atoms with E-state index in [2.05, 4.69) is 11.1 Å². The van der Waals surface area contributed by atoms with Gasteiger partial charge in [0.25, 0.3) is 0 Å². The number of nitrogens with one attached hydrogen (secondary N) is 1. The van der Waals surface area contributed by atoms with Gasteiger partial charge in [0.1, 0.15) is 0 Å². The summed E-state index contributed by atoms with van der Waals surface area (Å²) in [6.45, 7) is 0. The minimum atomic E-state index is -0.0940. The van der Waals surface area contributed by atoms with Crippen LogP contribution in [0.15, 0.2) is 48.7 Å². The molecule has 4 heteroatoms. The molecule has 1 heterocycles. The third kappa shape index (κ3) is 2.07. The summed E-state index contributed by atoms with van der Waals surface area (Å²) >= 11 is 5.91. The lowest BCUT2D eigenvalue weighted by molar-refractivity contribution is 0.104. The van der Waals surface area contributed by atoms with Gasteiger partial charge in [-0.1, -0.05) is 29.8 Å². The highest BCUT2D eigenvalue weighted by atomic mass is 35.5. The van der Waals surface area contributed by atoms with Crippen molar-refractivity contribution in [1.82, 2.24) is 4.98 Å². The molecule has 0 unspecified atom stereocenters. The molecule has 0 amide bonds. The maximum Gasteiger partial charge on any atom is 0.195 e. The Balaban J connectivity index is 2.11. The lowest BCUT2D eigenvalue weighted by atomic mass is 10.0. The molecule has 0 radical (unpaired) electrons. The van der Waals surface area contributed by atoms with Gasteiger partial charge >= 0.3 is 0 Å². The molecule has 20 heavy (non-hydrogen) atoms. The molecule has 0 saturated heterocycles. The molecule has 0 aliphatic carbocycles. The van der Waals surface area contributed by atoms with E-state index >= 15 is 0 Å². The number of rotatable bonds is 2. The van der Waals surface area contributed by atoms with Crippen molar-refractivity contribution in [2.24, 2.45) is 0 Å². The van der Waals surface area contributed by atoms with Gasteiger partial charge in [-0.3, -0.25) is 4.79 Å². The van der Waals surface area contributed by atoms with Gasteiger partial charge in [0, 0.05) is 33.2 Å². The molecule has 0 spiro atoms. The van der Waals surface area contributed by atoms with Crippen molar-refractivity contribution in [3.05, 3.63) is 70.4 Å². The molecule has 3 nitrogen and oxygen atoms in total. The Morgan fingerprint density at radius 3 is 2.80 bits per heavy atom. The van der Waals surface area contributed by atoms with E-state index in [-0.39, 0.29) is 5.78 Å². The van der Waals surface area contributed by atoms with Crippen LogP contribution in [0.4, 0.5) is 0 Å². The van der Waals surface area contributed by atoms with Crippen LogP contribution in [0.25, 0.3) is 10.9 Å². The zero-order valence-corrected chi connectivity index (χ0v) is 11.1. The summed E-state index contributed by atoms with van der Waals surface area (Å²) in [7, 11) is 0. The van der Waals surface area contributed by atoms with Crippen LogP contribution in [0.3, 0.4) is 0 Å². The number of nitrogens with zero attached hydrogens (tertiary/aromatic N) is 1. The molecule has 3 aromatic rings. The molecule has 96 valence electrons. The van der Waals surface area contributed by atoms with Crippen LogP contribution in [0.5, 0.6) is 0 Å². The Hall–Kier alpha value is -2.57.